The van der Waals surface area contributed by atoms with Crippen molar-refractivity contribution in [3.8, 4) is 0 Å². The number of hydrogen-bond donors (Lipinski definition) is 0. The van der Waals surface area contributed by atoms with Gasteiger partial charge in [0.05, 0.1) is 19.1 Å². The molecule has 0 spiro atoms. The fourth-order valence-electron chi connectivity index (χ4n) is 1.56. The van der Waals surface area contributed by atoms with Crippen LogP contribution in [0.4, 0.5) is 5.69 Å². The summed E-state index contributed by atoms with van der Waals surface area (Å²) in [6.45, 7) is 1.48. The van der Waals surface area contributed by atoms with Crippen molar-refractivity contribution in [3.63, 3.8) is 0 Å². The highest BCUT2D eigenvalue weighted by atomic mass is 79.9. The fraction of sp³-hybridized carbons (Fsp3) is 0.364. The Labute approximate surface area is 115 Å². The Bertz CT molecular complexity index is 526. The van der Waals surface area contributed by atoms with E-state index in [2.05, 4.69) is 20.7 Å². The Balaban J connectivity index is 3.23. The second kappa shape index (κ2) is 5.71. The Kier molecular flexibility index (Phi) is 4.75. The van der Waals surface area contributed by atoms with Gasteiger partial charge in [-0.1, -0.05) is 15.9 Å². The number of anilines is 1. The summed E-state index contributed by atoms with van der Waals surface area (Å²) in [6, 6.07) is 5.73. The van der Waals surface area contributed by atoms with Crippen molar-refractivity contribution in [2.75, 3.05) is 17.7 Å². The highest BCUT2D eigenvalue weighted by Crippen LogP contribution is 2.23. The van der Waals surface area contributed by atoms with Gasteiger partial charge in [0.25, 0.3) is 0 Å². The van der Waals surface area contributed by atoms with Crippen molar-refractivity contribution < 1.29 is 17.9 Å². The average molecular weight is 336 g/mol. The maximum atomic E-state index is 11.8. The molecule has 1 aromatic rings. The van der Waals surface area contributed by atoms with E-state index in [0.717, 1.165) is 15.0 Å². The Hall–Kier alpha value is -1.08. The van der Waals surface area contributed by atoms with Gasteiger partial charge in [-0.3, -0.25) is 4.31 Å². The standard InChI is InChI=1S/C11H14BrNO4S/c1-8(11(14)17-2)13(18(3,15)16)10-6-4-9(12)5-7-10/h4-8H,1-3H3. The van der Waals surface area contributed by atoms with Crippen LogP contribution in [0.3, 0.4) is 0 Å². The lowest BCUT2D eigenvalue weighted by atomic mass is 10.2. The first kappa shape index (κ1) is 15.0. The number of benzene rings is 1. The first-order chi connectivity index (χ1) is 8.27. The second-order valence-corrected chi connectivity index (χ2v) is 6.51. The zero-order valence-electron chi connectivity index (χ0n) is 10.3. The summed E-state index contributed by atoms with van der Waals surface area (Å²) < 4.78 is 30.0. The van der Waals surface area contributed by atoms with Crippen LogP contribution in [0.25, 0.3) is 0 Å². The van der Waals surface area contributed by atoms with Crippen molar-refractivity contribution >= 4 is 37.6 Å². The molecule has 0 amide bonds. The molecule has 1 rings (SSSR count). The molecular formula is C11H14BrNO4S. The van der Waals surface area contributed by atoms with E-state index in [1.54, 1.807) is 24.3 Å². The average Bonchev–Trinajstić information content (AvgIpc) is 2.29. The molecule has 1 atom stereocenters. The lowest BCUT2D eigenvalue weighted by Crippen LogP contribution is -2.43. The predicted octanol–water partition coefficient (Wildman–Crippen LogP) is 1.78. The summed E-state index contributed by atoms with van der Waals surface area (Å²) >= 11 is 3.27. The number of rotatable bonds is 4. The molecule has 0 aliphatic carbocycles. The predicted molar refractivity (Wildman–Crippen MR) is 72.9 cm³/mol. The molecule has 0 saturated heterocycles. The number of carbonyl (C=O) groups is 1. The van der Waals surface area contributed by atoms with E-state index in [-0.39, 0.29) is 0 Å². The van der Waals surface area contributed by atoms with Crippen LogP contribution in [0.1, 0.15) is 6.92 Å². The molecule has 100 valence electrons. The van der Waals surface area contributed by atoms with E-state index in [4.69, 9.17) is 0 Å². The summed E-state index contributed by atoms with van der Waals surface area (Å²) in [6.07, 6.45) is 1.05. The van der Waals surface area contributed by atoms with Gasteiger partial charge in [0.15, 0.2) is 0 Å². The van der Waals surface area contributed by atoms with Gasteiger partial charge in [-0.05, 0) is 31.2 Å². The third-order valence-electron chi connectivity index (χ3n) is 2.33. The van der Waals surface area contributed by atoms with Gasteiger partial charge in [0.1, 0.15) is 6.04 Å². The van der Waals surface area contributed by atoms with Crippen molar-refractivity contribution in [2.45, 2.75) is 13.0 Å². The quantitative estimate of drug-likeness (QED) is 0.787. The minimum absolute atomic E-state index is 0.415. The highest BCUT2D eigenvalue weighted by Gasteiger charge is 2.29. The Morgan fingerprint density at radius 3 is 2.22 bits per heavy atom. The van der Waals surface area contributed by atoms with E-state index in [0.29, 0.717) is 5.69 Å². The first-order valence-corrected chi connectivity index (χ1v) is 7.74. The van der Waals surface area contributed by atoms with Crippen LogP contribution in [-0.4, -0.2) is 33.8 Å². The van der Waals surface area contributed by atoms with Crippen molar-refractivity contribution in [3.05, 3.63) is 28.7 Å². The van der Waals surface area contributed by atoms with Crippen LogP contribution < -0.4 is 4.31 Å². The van der Waals surface area contributed by atoms with Gasteiger partial charge < -0.3 is 4.74 Å². The van der Waals surface area contributed by atoms with Gasteiger partial charge in [-0.15, -0.1) is 0 Å². The molecule has 0 saturated carbocycles. The molecule has 5 nitrogen and oxygen atoms in total. The molecule has 7 heteroatoms. The smallest absolute Gasteiger partial charge is 0.329 e. The SMILES string of the molecule is COC(=O)C(C)N(c1ccc(Br)cc1)S(C)(=O)=O. The molecule has 0 aromatic heterocycles. The zero-order valence-corrected chi connectivity index (χ0v) is 12.7. The van der Waals surface area contributed by atoms with Crippen molar-refractivity contribution in [1.82, 2.24) is 0 Å². The number of methoxy groups -OCH3 is 1. The number of nitrogens with zero attached hydrogens (tertiary/aromatic N) is 1. The van der Waals surface area contributed by atoms with Crippen LogP contribution >= 0.6 is 15.9 Å². The second-order valence-electron chi connectivity index (χ2n) is 3.73. The van der Waals surface area contributed by atoms with Crippen molar-refractivity contribution in [2.24, 2.45) is 0 Å². The Morgan fingerprint density at radius 1 is 1.33 bits per heavy atom. The molecule has 1 unspecified atom stereocenters. The van der Waals surface area contributed by atoms with Crippen LogP contribution in [-0.2, 0) is 19.6 Å². The largest absolute Gasteiger partial charge is 0.467 e. The van der Waals surface area contributed by atoms with Crippen molar-refractivity contribution in [1.29, 1.82) is 0 Å². The van der Waals surface area contributed by atoms with Crippen LogP contribution in [0.15, 0.2) is 28.7 Å². The highest BCUT2D eigenvalue weighted by molar-refractivity contribution is 9.10. The molecule has 0 N–H and O–H groups in total. The van der Waals surface area contributed by atoms with Crippen LogP contribution in [0.2, 0.25) is 0 Å². The molecule has 0 aliphatic rings. The van der Waals surface area contributed by atoms with Crippen LogP contribution in [0, 0.1) is 0 Å². The summed E-state index contributed by atoms with van der Waals surface area (Å²) in [5.74, 6) is -0.608. The molecule has 0 aliphatic heterocycles. The lowest BCUT2D eigenvalue weighted by Gasteiger charge is -2.27. The molecule has 18 heavy (non-hydrogen) atoms. The fourth-order valence-corrected chi connectivity index (χ4v) is 2.99. The van der Waals surface area contributed by atoms with E-state index < -0.39 is 22.0 Å². The maximum Gasteiger partial charge on any atom is 0.329 e. The maximum absolute atomic E-state index is 11.8. The van der Waals surface area contributed by atoms with E-state index in [9.17, 15) is 13.2 Å². The summed E-state index contributed by atoms with van der Waals surface area (Å²) in [7, 11) is -2.34. The Morgan fingerprint density at radius 2 is 1.83 bits per heavy atom. The first-order valence-electron chi connectivity index (χ1n) is 5.10. The minimum atomic E-state index is -3.57. The third kappa shape index (κ3) is 3.46. The molecular weight excluding hydrogens is 322 g/mol. The number of hydrogen-bond acceptors (Lipinski definition) is 4. The number of ether oxygens (including phenoxy) is 1. The number of carbonyl (C=O) groups excluding carboxylic acids is 1. The summed E-state index contributed by atoms with van der Waals surface area (Å²) in [5.41, 5.74) is 0.415. The molecule has 0 fully saturated rings. The van der Waals surface area contributed by atoms with E-state index in [1.807, 2.05) is 0 Å². The number of sulfonamides is 1. The topological polar surface area (TPSA) is 63.7 Å². The summed E-state index contributed by atoms with van der Waals surface area (Å²) in [4.78, 5) is 11.5. The lowest BCUT2D eigenvalue weighted by molar-refractivity contribution is -0.141. The van der Waals surface area contributed by atoms with Gasteiger partial charge in [0, 0.05) is 4.47 Å². The minimum Gasteiger partial charge on any atom is -0.467 e. The van der Waals surface area contributed by atoms with E-state index in [1.165, 1.54) is 14.0 Å². The van der Waals surface area contributed by atoms with Crippen LogP contribution in [0.5, 0.6) is 0 Å². The number of halogens is 1. The van der Waals surface area contributed by atoms with Gasteiger partial charge in [0.2, 0.25) is 10.0 Å². The molecule has 0 radical (unpaired) electrons. The van der Waals surface area contributed by atoms with Gasteiger partial charge in [-0.25, -0.2) is 13.2 Å². The molecule has 0 heterocycles. The molecule has 0 bridgehead atoms. The normalized spacial score (nSPS) is 12.9. The third-order valence-corrected chi connectivity index (χ3v) is 4.10. The van der Waals surface area contributed by atoms with Gasteiger partial charge >= 0.3 is 5.97 Å². The molecule has 1 aromatic carbocycles. The summed E-state index contributed by atoms with van der Waals surface area (Å²) in [5, 5.41) is 0. The number of esters is 1. The van der Waals surface area contributed by atoms with E-state index >= 15 is 0 Å². The zero-order chi connectivity index (χ0) is 13.9. The monoisotopic (exact) mass is 335 g/mol. The van der Waals surface area contributed by atoms with Gasteiger partial charge in [-0.2, -0.15) is 0 Å².